The quantitative estimate of drug-likeness (QED) is 0.0805. The molecule has 0 radical (unpaired) electrons. The number of likely N-dealkylation sites (N-methyl/N-ethyl adjacent to an activating group) is 1. The van der Waals surface area contributed by atoms with Gasteiger partial charge < -0.3 is 14.0 Å². The molecule has 0 amide bonds. The van der Waals surface area contributed by atoms with Crippen molar-refractivity contribution in [1.82, 2.24) is 0 Å². The van der Waals surface area contributed by atoms with Gasteiger partial charge in [-0.25, -0.2) is 4.79 Å². The third kappa shape index (κ3) is 16.4. The molecule has 0 aliphatic rings. The molecule has 0 saturated heterocycles. The average Bonchev–Trinajstić information content (AvgIpc) is 2.92. The number of aryl methyl sites for hydroxylation is 1. The second kappa shape index (κ2) is 20.6. The SMILES string of the molecule is CCCCCCCCCCCCCCc1ccccc1OCCCCOC(=O)C[N+](C)(C)Cc1ccccc1. The molecular weight excluding hydrogens is 482 g/mol. The van der Waals surface area contributed by atoms with E-state index in [0.717, 1.165) is 31.6 Å². The summed E-state index contributed by atoms with van der Waals surface area (Å²) in [6.45, 7) is 4.57. The van der Waals surface area contributed by atoms with Crippen LogP contribution in [0.2, 0.25) is 0 Å². The molecule has 2 rings (SSSR count). The number of carbonyl (C=O) groups is 1. The first kappa shape index (κ1) is 32.9. The molecule has 0 N–H and O–H groups in total. The summed E-state index contributed by atoms with van der Waals surface area (Å²) in [4.78, 5) is 12.3. The maximum atomic E-state index is 12.3. The van der Waals surface area contributed by atoms with Crippen LogP contribution in [0, 0.1) is 0 Å². The molecule has 39 heavy (non-hydrogen) atoms. The smallest absolute Gasteiger partial charge is 0.361 e. The summed E-state index contributed by atoms with van der Waals surface area (Å²) < 4.78 is 12.2. The lowest BCUT2D eigenvalue weighted by Crippen LogP contribution is -2.43. The summed E-state index contributed by atoms with van der Waals surface area (Å²) in [6.07, 6.45) is 19.3. The van der Waals surface area contributed by atoms with E-state index in [1.165, 1.54) is 88.2 Å². The molecular formula is C35H56NO3+. The topological polar surface area (TPSA) is 35.5 Å². The minimum absolute atomic E-state index is 0.135. The molecule has 0 heterocycles. The van der Waals surface area contributed by atoms with Gasteiger partial charge >= 0.3 is 5.97 Å². The highest BCUT2D eigenvalue weighted by atomic mass is 16.5. The normalized spacial score (nSPS) is 11.5. The number of ether oxygens (including phenoxy) is 2. The number of para-hydroxylation sites is 1. The van der Waals surface area contributed by atoms with Crippen LogP contribution in [0.25, 0.3) is 0 Å². The Balaban J connectivity index is 1.51. The van der Waals surface area contributed by atoms with Gasteiger partial charge in [0.25, 0.3) is 0 Å². The Labute approximate surface area is 239 Å². The molecule has 0 atom stereocenters. The Kier molecular flexibility index (Phi) is 17.3. The van der Waals surface area contributed by atoms with Gasteiger partial charge in [-0.05, 0) is 37.3 Å². The Morgan fingerprint density at radius 3 is 1.90 bits per heavy atom. The number of quaternary nitrogens is 1. The molecule has 218 valence electrons. The van der Waals surface area contributed by atoms with Gasteiger partial charge in [0.15, 0.2) is 6.54 Å². The molecule has 4 nitrogen and oxygen atoms in total. The lowest BCUT2D eigenvalue weighted by Gasteiger charge is -2.28. The summed E-state index contributed by atoms with van der Waals surface area (Å²) in [5.41, 5.74) is 2.54. The van der Waals surface area contributed by atoms with E-state index in [2.05, 4.69) is 57.4 Å². The first-order chi connectivity index (χ1) is 19.0. The molecule has 0 aliphatic heterocycles. The van der Waals surface area contributed by atoms with E-state index in [4.69, 9.17) is 9.47 Å². The van der Waals surface area contributed by atoms with Gasteiger partial charge in [-0.1, -0.05) is 126 Å². The highest BCUT2D eigenvalue weighted by Gasteiger charge is 2.21. The van der Waals surface area contributed by atoms with E-state index < -0.39 is 0 Å². The minimum Gasteiger partial charge on any atom is -0.493 e. The maximum Gasteiger partial charge on any atom is 0.361 e. The number of unbranched alkanes of at least 4 members (excludes halogenated alkanes) is 12. The van der Waals surface area contributed by atoms with Gasteiger partial charge in [-0.15, -0.1) is 0 Å². The van der Waals surface area contributed by atoms with Crippen LogP contribution in [-0.4, -0.2) is 44.3 Å². The van der Waals surface area contributed by atoms with E-state index >= 15 is 0 Å². The molecule has 2 aromatic carbocycles. The molecule has 0 aliphatic carbocycles. The first-order valence-corrected chi connectivity index (χ1v) is 15.7. The van der Waals surface area contributed by atoms with Gasteiger partial charge in [-0.2, -0.15) is 0 Å². The minimum atomic E-state index is -0.135. The zero-order valence-electron chi connectivity index (χ0n) is 25.3. The molecule has 0 fully saturated rings. The second-order valence-corrected chi connectivity index (χ2v) is 11.8. The van der Waals surface area contributed by atoms with Crippen molar-refractivity contribution in [2.24, 2.45) is 0 Å². The van der Waals surface area contributed by atoms with Crippen molar-refractivity contribution >= 4 is 5.97 Å². The fraction of sp³-hybridized carbons (Fsp3) is 0.629. The monoisotopic (exact) mass is 538 g/mol. The number of nitrogens with zero attached hydrogens (tertiary/aromatic N) is 1. The number of hydrogen-bond acceptors (Lipinski definition) is 3. The number of hydrogen-bond donors (Lipinski definition) is 0. The third-order valence-corrected chi connectivity index (χ3v) is 7.34. The van der Waals surface area contributed by atoms with Gasteiger partial charge in [0.05, 0.1) is 27.3 Å². The van der Waals surface area contributed by atoms with E-state index in [0.29, 0.717) is 24.2 Å². The van der Waals surface area contributed by atoms with Crippen LogP contribution in [-0.2, 0) is 22.5 Å². The Morgan fingerprint density at radius 2 is 1.23 bits per heavy atom. The molecule has 0 spiro atoms. The predicted octanol–water partition coefficient (Wildman–Crippen LogP) is 8.91. The van der Waals surface area contributed by atoms with Gasteiger partial charge in [0.2, 0.25) is 0 Å². The predicted molar refractivity (Wildman–Crippen MR) is 164 cm³/mol. The van der Waals surface area contributed by atoms with Gasteiger partial charge in [-0.3, -0.25) is 0 Å². The molecule has 2 aromatic rings. The van der Waals surface area contributed by atoms with E-state index in [-0.39, 0.29) is 5.97 Å². The van der Waals surface area contributed by atoms with Crippen LogP contribution in [0.1, 0.15) is 108 Å². The van der Waals surface area contributed by atoms with Crippen LogP contribution < -0.4 is 4.74 Å². The standard InChI is InChI=1S/C35H56NO3/c1-4-5-6-7-8-9-10-11-12-13-14-18-25-33-26-19-20-27-34(33)38-28-21-22-29-39-35(37)31-36(2,3)30-32-23-16-15-17-24-32/h15-17,19-20,23-24,26-27H,4-14,18,21-22,25,28-31H2,1-3H3/q+1. The van der Waals surface area contributed by atoms with Gasteiger partial charge in [0.1, 0.15) is 12.3 Å². The summed E-state index contributed by atoms with van der Waals surface area (Å²) in [5.74, 6) is 0.877. The number of carbonyl (C=O) groups excluding carboxylic acids is 1. The molecule has 4 heteroatoms. The Hall–Kier alpha value is -2.33. The van der Waals surface area contributed by atoms with Crippen LogP contribution in [0.4, 0.5) is 0 Å². The lowest BCUT2D eigenvalue weighted by atomic mass is 10.0. The van der Waals surface area contributed by atoms with Crippen LogP contribution in [0.15, 0.2) is 54.6 Å². The van der Waals surface area contributed by atoms with Crippen molar-refractivity contribution in [2.45, 2.75) is 110 Å². The van der Waals surface area contributed by atoms with Crippen LogP contribution >= 0.6 is 0 Å². The van der Waals surface area contributed by atoms with Gasteiger partial charge in [0, 0.05) is 5.56 Å². The summed E-state index contributed by atoms with van der Waals surface area (Å²) in [5, 5.41) is 0. The van der Waals surface area contributed by atoms with Crippen molar-refractivity contribution in [2.75, 3.05) is 33.9 Å². The highest BCUT2D eigenvalue weighted by Crippen LogP contribution is 2.21. The summed E-state index contributed by atoms with van der Waals surface area (Å²) in [6, 6.07) is 18.7. The number of benzene rings is 2. The number of esters is 1. The van der Waals surface area contributed by atoms with Crippen molar-refractivity contribution in [1.29, 1.82) is 0 Å². The molecule has 0 unspecified atom stereocenters. The van der Waals surface area contributed by atoms with Crippen LogP contribution in [0.5, 0.6) is 5.75 Å². The second-order valence-electron chi connectivity index (χ2n) is 11.8. The molecule has 0 aromatic heterocycles. The highest BCUT2D eigenvalue weighted by molar-refractivity contribution is 5.70. The molecule has 0 saturated carbocycles. The Bertz CT molecular complexity index is 880. The van der Waals surface area contributed by atoms with Crippen molar-refractivity contribution in [3.05, 3.63) is 65.7 Å². The summed E-state index contributed by atoms with van der Waals surface area (Å²) in [7, 11) is 4.13. The van der Waals surface area contributed by atoms with Crippen molar-refractivity contribution < 1.29 is 18.8 Å². The fourth-order valence-corrected chi connectivity index (χ4v) is 5.11. The largest absolute Gasteiger partial charge is 0.493 e. The van der Waals surface area contributed by atoms with E-state index in [9.17, 15) is 4.79 Å². The first-order valence-electron chi connectivity index (χ1n) is 15.7. The third-order valence-electron chi connectivity index (χ3n) is 7.34. The van der Waals surface area contributed by atoms with Crippen LogP contribution in [0.3, 0.4) is 0 Å². The molecule has 0 bridgehead atoms. The van der Waals surface area contributed by atoms with E-state index in [1.54, 1.807) is 0 Å². The lowest BCUT2D eigenvalue weighted by molar-refractivity contribution is -0.896. The zero-order valence-corrected chi connectivity index (χ0v) is 25.3. The number of rotatable bonds is 23. The zero-order chi connectivity index (χ0) is 28.0. The summed E-state index contributed by atoms with van der Waals surface area (Å²) >= 11 is 0. The van der Waals surface area contributed by atoms with E-state index in [1.807, 2.05) is 18.2 Å². The van der Waals surface area contributed by atoms with Crippen molar-refractivity contribution in [3.63, 3.8) is 0 Å². The average molecular weight is 539 g/mol. The Morgan fingerprint density at radius 1 is 0.667 bits per heavy atom. The van der Waals surface area contributed by atoms with Crippen molar-refractivity contribution in [3.8, 4) is 5.75 Å². The maximum absolute atomic E-state index is 12.3. The fourth-order valence-electron chi connectivity index (χ4n) is 5.11.